The van der Waals surface area contributed by atoms with Gasteiger partial charge in [-0.2, -0.15) is 0 Å². The Kier molecular flexibility index (Phi) is 6.50. The lowest BCUT2D eigenvalue weighted by Gasteiger charge is -2.13. The van der Waals surface area contributed by atoms with Crippen molar-refractivity contribution >= 4 is 17.2 Å². The van der Waals surface area contributed by atoms with Crippen molar-refractivity contribution in [3.05, 3.63) is 64.6 Å². The van der Waals surface area contributed by atoms with Crippen LogP contribution in [0.1, 0.15) is 21.1 Å². The van der Waals surface area contributed by atoms with Crippen molar-refractivity contribution in [2.75, 3.05) is 20.8 Å². The van der Waals surface area contributed by atoms with E-state index in [1.807, 2.05) is 19.1 Å². The van der Waals surface area contributed by atoms with Gasteiger partial charge in [-0.05, 0) is 50.8 Å². The maximum absolute atomic E-state index is 14.7. The van der Waals surface area contributed by atoms with Crippen LogP contribution in [0, 0.1) is 18.6 Å². The maximum Gasteiger partial charge on any atom is 0.258 e. The largest absolute Gasteiger partial charge is 0.483 e. The van der Waals surface area contributed by atoms with Gasteiger partial charge < -0.3 is 10.1 Å². The van der Waals surface area contributed by atoms with E-state index >= 15 is 0 Å². The van der Waals surface area contributed by atoms with E-state index in [4.69, 9.17) is 4.74 Å². The van der Waals surface area contributed by atoms with E-state index in [0.29, 0.717) is 5.01 Å². The van der Waals surface area contributed by atoms with Gasteiger partial charge in [0.15, 0.2) is 11.6 Å². The lowest BCUT2D eigenvalue weighted by Crippen LogP contribution is -2.34. The first-order valence-corrected chi connectivity index (χ1v) is 9.59. The second-order valence-electron chi connectivity index (χ2n) is 6.52. The van der Waals surface area contributed by atoms with Gasteiger partial charge in [-0.3, -0.25) is 14.7 Å². The molecule has 0 spiro atoms. The van der Waals surface area contributed by atoms with Gasteiger partial charge >= 0.3 is 0 Å². The number of carbonyl (C=O) groups excluding carboxylic acids is 1. The highest BCUT2D eigenvalue weighted by molar-refractivity contribution is 7.15. The van der Waals surface area contributed by atoms with Crippen LogP contribution in [0.15, 0.2) is 36.7 Å². The SMILES string of the molecule is Cc1nc(COc2ccc(F)c(C(=O)NCN(C)C)c2F)sc1-c1ccncc1. The molecule has 152 valence electrons. The van der Waals surface area contributed by atoms with Crippen LogP contribution < -0.4 is 10.1 Å². The van der Waals surface area contributed by atoms with Gasteiger partial charge in [-0.15, -0.1) is 11.3 Å². The van der Waals surface area contributed by atoms with Crippen LogP contribution in [0.25, 0.3) is 10.4 Å². The van der Waals surface area contributed by atoms with E-state index < -0.39 is 23.1 Å². The van der Waals surface area contributed by atoms with Gasteiger partial charge in [0.25, 0.3) is 5.91 Å². The van der Waals surface area contributed by atoms with Crippen molar-refractivity contribution < 1.29 is 18.3 Å². The molecule has 0 unspecified atom stereocenters. The number of nitrogens with zero attached hydrogens (tertiary/aromatic N) is 3. The number of nitrogens with one attached hydrogen (secondary N) is 1. The van der Waals surface area contributed by atoms with E-state index in [1.165, 1.54) is 11.3 Å². The Morgan fingerprint density at radius 2 is 1.93 bits per heavy atom. The van der Waals surface area contributed by atoms with E-state index in [-0.39, 0.29) is 19.0 Å². The molecule has 0 saturated carbocycles. The highest BCUT2D eigenvalue weighted by atomic mass is 32.1. The second kappa shape index (κ2) is 9.06. The van der Waals surface area contributed by atoms with Crippen molar-refractivity contribution in [2.24, 2.45) is 0 Å². The average Bonchev–Trinajstić information content (AvgIpc) is 3.07. The van der Waals surface area contributed by atoms with E-state index in [9.17, 15) is 13.6 Å². The van der Waals surface area contributed by atoms with Crippen LogP contribution in [0.4, 0.5) is 8.78 Å². The molecule has 0 aliphatic heterocycles. The van der Waals surface area contributed by atoms with Crippen molar-refractivity contribution in [3.8, 4) is 16.2 Å². The summed E-state index contributed by atoms with van der Waals surface area (Å²) in [4.78, 5) is 23.2. The third-order valence-electron chi connectivity index (χ3n) is 3.97. The monoisotopic (exact) mass is 418 g/mol. The Labute approximate surface area is 171 Å². The number of carbonyl (C=O) groups is 1. The number of benzene rings is 1. The zero-order valence-electron chi connectivity index (χ0n) is 16.2. The van der Waals surface area contributed by atoms with Crippen LogP contribution in [0.3, 0.4) is 0 Å². The van der Waals surface area contributed by atoms with Gasteiger partial charge in [0.2, 0.25) is 0 Å². The molecule has 1 aromatic carbocycles. The highest BCUT2D eigenvalue weighted by Crippen LogP contribution is 2.31. The molecule has 0 fully saturated rings. The third-order valence-corrected chi connectivity index (χ3v) is 5.15. The van der Waals surface area contributed by atoms with Crippen molar-refractivity contribution in [2.45, 2.75) is 13.5 Å². The van der Waals surface area contributed by atoms with Crippen molar-refractivity contribution in [1.29, 1.82) is 0 Å². The van der Waals surface area contributed by atoms with Gasteiger partial charge in [-0.1, -0.05) is 0 Å². The summed E-state index contributed by atoms with van der Waals surface area (Å²) in [6.45, 7) is 2.03. The molecule has 0 atom stereocenters. The molecule has 0 saturated heterocycles. The number of aryl methyl sites for hydroxylation is 1. The highest BCUT2D eigenvalue weighted by Gasteiger charge is 2.22. The lowest BCUT2D eigenvalue weighted by atomic mass is 10.1. The first kappa shape index (κ1) is 20.8. The van der Waals surface area contributed by atoms with Crippen LogP contribution in [0.5, 0.6) is 5.75 Å². The number of aromatic nitrogens is 2. The Morgan fingerprint density at radius 3 is 2.62 bits per heavy atom. The van der Waals surface area contributed by atoms with Crippen molar-refractivity contribution in [3.63, 3.8) is 0 Å². The number of amides is 1. The number of pyridine rings is 1. The fraction of sp³-hybridized carbons (Fsp3) is 0.250. The number of ether oxygens (including phenoxy) is 1. The van der Waals surface area contributed by atoms with E-state index in [2.05, 4.69) is 15.3 Å². The summed E-state index contributed by atoms with van der Waals surface area (Å²) < 4.78 is 34.2. The molecule has 0 radical (unpaired) electrons. The minimum Gasteiger partial charge on any atom is -0.483 e. The molecule has 2 heterocycles. The van der Waals surface area contributed by atoms with Crippen LogP contribution in [0.2, 0.25) is 0 Å². The molecule has 0 aliphatic rings. The molecule has 3 rings (SSSR count). The normalized spacial score (nSPS) is 11.0. The van der Waals surface area contributed by atoms with Gasteiger partial charge in [-0.25, -0.2) is 13.8 Å². The second-order valence-corrected chi connectivity index (χ2v) is 7.61. The number of rotatable bonds is 7. The Morgan fingerprint density at radius 1 is 1.21 bits per heavy atom. The summed E-state index contributed by atoms with van der Waals surface area (Å²) in [7, 11) is 3.45. The Balaban J connectivity index is 1.76. The number of halogens is 2. The van der Waals surface area contributed by atoms with Gasteiger partial charge in [0, 0.05) is 12.4 Å². The van der Waals surface area contributed by atoms with Gasteiger partial charge in [0.1, 0.15) is 23.0 Å². The smallest absolute Gasteiger partial charge is 0.258 e. The first-order chi connectivity index (χ1) is 13.9. The fourth-order valence-corrected chi connectivity index (χ4v) is 3.58. The maximum atomic E-state index is 14.7. The predicted molar refractivity (Wildman–Crippen MR) is 107 cm³/mol. The Bertz CT molecular complexity index is 1010. The molecule has 1 amide bonds. The van der Waals surface area contributed by atoms with E-state index in [0.717, 1.165) is 28.3 Å². The molecule has 0 bridgehead atoms. The van der Waals surface area contributed by atoms with Crippen LogP contribution in [-0.2, 0) is 6.61 Å². The lowest BCUT2D eigenvalue weighted by molar-refractivity contribution is 0.0925. The van der Waals surface area contributed by atoms with Crippen molar-refractivity contribution in [1.82, 2.24) is 20.2 Å². The van der Waals surface area contributed by atoms with Crippen LogP contribution >= 0.6 is 11.3 Å². The number of hydrogen-bond acceptors (Lipinski definition) is 6. The molecule has 6 nitrogen and oxygen atoms in total. The number of thiazole rings is 1. The zero-order chi connectivity index (χ0) is 21.0. The topological polar surface area (TPSA) is 67.3 Å². The number of hydrogen-bond donors (Lipinski definition) is 1. The third kappa shape index (κ3) is 4.93. The summed E-state index contributed by atoms with van der Waals surface area (Å²) in [5.74, 6) is -3.04. The van der Waals surface area contributed by atoms with Gasteiger partial charge in [0.05, 0.1) is 17.2 Å². The molecular weight excluding hydrogens is 398 g/mol. The average molecular weight is 418 g/mol. The zero-order valence-corrected chi connectivity index (χ0v) is 17.0. The predicted octanol–water partition coefficient (Wildman–Crippen LogP) is 3.62. The summed E-state index contributed by atoms with van der Waals surface area (Å²) >= 11 is 1.42. The molecule has 2 aromatic heterocycles. The minimum atomic E-state index is -1.04. The summed E-state index contributed by atoms with van der Waals surface area (Å²) in [5, 5.41) is 3.08. The summed E-state index contributed by atoms with van der Waals surface area (Å²) in [6, 6.07) is 5.93. The quantitative estimate of drug-likeness (QED) is 0.594. The molecule has 3 aromatic rings. The summed E-state index contributed by atoms with van der Waals surface area (Å²) in [5.41, 5.74) is 1.13. The molecule has 1 N–H and O–H groups in total. The summed E-state index contributed by atoms with van der Waals surface area (Å²) in [6.07, 6.45) is 3.39. The molecular formula is C20H20F2N4O2S. The standard InChI is InChI=1S/C20H20F2N4O2S/c1-12-19(13-6-8-23-9-7-13)29-16(25-12)10-28-15-5-4-14(21)17(18(15)22)20(27)24-11-26(2)3/h4-9H,10-11H2,1-3H3,(H,24,27). The first-order valence-electron chi connectivity index (χ1n) is 8.77. The van der Waals surface area contributed by atoms with Crippen LogP contribution in [-0.4, -0.2) is 41.5 Å². The minimum absolute atomic E-state index is 0.00208. The fourth-order valence-electron chi connectivity index (χ4n) is 2.60. The molecule has 9 heteroatoms. The Hall–Kier alpha value is -2.91. The molecule has 29 heavy (non-hydrogen) atoms. The molecule has 0 aliphatic carbocycles. The van der Waals surface area contributed by atoms with E-state index in [1.54, 1.807) is 31.4 Å².